The molecule has 96 valence electrons. The first-order valence-electron chi connectivity index (χ1n) is 5.46. The van der Waals surface area contributed by atoms with Crippen LogP contribution in [0.3, 0.4) is 0 Å². The van der Waals surface area contributed by atoms with Gasteiger partial charge in [-0.05, 0) is 12.1 Å². The molecule has 0 aromatic heterocycles. The fourth-order valence-corrected chi connectivity index (χ4v) is 1.66. The van der Waals surface area contributed by atoms with Gasteiger partial charge in [0, 0.05) is 13.5 Å². The standard InChI is InChI=1S/C13H15ClN2O2/c1-3-8-15-13(18)9-16(10(2)17)12-7-5-4-6-11(12)14/h3-7H,1,8-9H2,2H3,(H,15,18). The van der Waals surface area contributed by atoms with Gasteiger partial charge in [-0.15, -0.1) is 6.58 Å². The van der Waals surface area contributed by atoms with Crippen LogP contribution < -0.4 is 10.2 Å². The second-order valence-electron chi connectivity index (χ2n) is 3.65. The van der Waals surface area contributed by atoms with E-state index in [-0.39, 0.29) is 18.4 Å². The van der Waals surface area contributed by atoms with Crippen LogP contribution in [0.5, 0.6) is 0 Å². The largest absolute Gasteiger partial charge is 0.351 e. The van der Waals surface area contributed by atoms with Gasteiger partial charge in [0.15, 0.2) is 0 Å². The number of nitrogens with one attached hydrogen (secondary N) is 1. The molecule has 0 saturated heterocycles. The van der Waals surface area contributed by atoms with Crippen LogP contribution in [-0.4, -0.2) is 24.9 Å². The zero-order valence-corrected chi connectivity index (χ0v) is 10.9. The van der Waals surface area contributed by atoms with E-state index in [2.05, 4.69) is 11.9 Å². The lowest BCUT2D eigenvalue weighted by atomic mass is 10.2. The third-order valence-corrected chi connectivity index (χ3v) is 2.59. The zero-order chi connectivity index (χ0) is 13.5. The summed E-state index contributed by atoms with van der Waals surface area (Å²) >= 11 is 6.01. The maximum absolute atomic E-state index is 11.6. The highest BCUT2D eigenvalue weighted by Crippen LogP contribution is 2.24. The summed E-state index contributed by atoms with van der Waals surface area (Å²) < 4.78 is 0. The Balaban J connectivity index is 2.84. The van der Waals surface area contributed by atoms with Gasteiger partial charge >= 0.3 is 0 Å². The Morgan fingerprint density at radius 2 is 2.11 bits per heavy atom. The highest BCUT2D eigenvalue weighted by atomic mass is 35.5. The summed E-state index contributed by atoms with van der Waals surface area (Å²) in [5, 5.41) is 3.05. The minimum Gasteiger partial charge on any atom is -0.351 e. The average molecular weight is 267 g/mol. The third kappa shape index (κ3) is 3.89. The molecule has 0 aliphatic carbocycles. The molecule has 0 aliphatic heterocycles. The first kappa shape index (κ1) is 14.3. The van der Waals surface area contributed by atoms with Crippen molar-refractivity contribution in [3.63, 3.8) is 0 Å². The van der Waals surface area contributed by atoms with Crippen LogP contribution in [0.25, 0.3) is 0 Å². The summed E-state index contributed by atoms with van der Waals surface area (Å²) in [5.74, 6) is -0.498. The molecule has 0 radical (unpaired) electrons. The Morgan fingerprint density at radius 3 is 2.67 bits per heavy atom. The lowest BCUT2D eigenvalue weighted by Crippen LogP contribution is -2.40. The lowest BCUT2D eigenvalue weighted by molar-refractivity contribution is -0.122. The van der Waals surface area contributed by atoms with Gasteiger partial charge in [0.1, 0.15) is 6.54 Å². The van der Waals surface area contributed by atoms with Gasteiger partial charge in [-0.25, -0.2) is 0 Å². The molecule has 0 saturated carbocycles. The van der Waals surface area contributed by atoms with Crippen molar-refractivity contribution in [2.24, 2.45) is 0 Å². The molecule has 1 aromatic rings. The van der Waals surface area contributed by atoms with E-state index in [1.165, 1.54) is 11.8 Å². The number of amides is 2. The van der Waals surface area contributed by atoms with E-state index in [1.807, 2.05) is 0 Å². The summed E-state index contributed by atoms with van der Waals surface area (Å²) in [6, 6.07) is 6.90. The Morgan fingerprint density at radius 1 is 1.44 bits per heavy atom. The van der Waals surface area contributed by atoms with E-state index in [4.69, 9.17) is 11.6 Å². The summed E-state index contributed by atoms with van der Waals surface area (Å²) in [5.41, 5.74) is 0.528. The minimum atomic E-state index is -0.259. The number of benzene rings is 1. The predicted molar refractivity (Wildman–Crippen MR) is 72.7 cm³/mol. The van der Waals surface area contributed by atoms with Crippen LogP contribution in [0.4, 0.5) is 5.69 Å². The number of anilines is 1. The molecule has 0 bridgehead atoms. The smallest absolute Gasteiger partial charge is 0.240 e. The highest BCUT2D eigenvalue weighted by Gasteiger charge is 2.17. The Hall–Kier alpha value is -1.81. The number of halogens is 1. The molecular weight excluding hydrogens is 252 g/mol. The van der Waals surface area contributed by atoms with E-state index in [0.717, 1.165) is 0 Å². The molecule has 1 N–H and O–H groups in total. The monoisotopic (exact) mass is 266 g/mol. The highest BCUT2D eigenvalue weighted by molar-refractivity contribution is 6.33. The summed E-state index contributed by atoms with van der Waals surface area (Å²) in [7, 11) is 0. The van der Waals surface area contributed by atoms with Gasteiger partial charge in [0.05, 0.1) is 10.7 Å². The number of carbonyl (C=O) groups excluding carboxylic acids is 2. The van der Waals surface area contributed by atoms with E-state index < -0.39 is 0 Å². The van der Waals surface area contributed by atoms with E-state index in [1.54, 1.807) is 30.3 Å². The predicted octanol–water partition coefficient (Wildman–Crippen LogP) is 2.00. The van der Waals surface area contributed by atoms with Crippen molar-refractivity contribution in [1.29, 1.82) is 0 Å². The number of nitrogens with zero attached hydrogens (tertiary/aromatic N) is 1. The number of rotatable bonds is 5. The Bertz CT molecular complexity index is 460. The third-order valence-electron chi connectivity index (χ3n) is 2.27. The second-order valence-corrected chi connectivity index (χ2v) is 4.06. The lowest BCUT2D eigenvalue weighted by Gasteiger charge is -2.21. The molecule has 1 aromatic carbocycles. The van der Waals surface area contributed by atoms with E-state index in [0.29, 0.717) is 17.3 Å². The van der Waals surface area contributed by atoms with Crippen molar-refractivity contribution in [3.8, 4) is 0 Å². The molecule has 2 amide bonds. The minimum absolute atomic E-state index is 0.0626. The molecule has 4 nitrogen and oxygen atoms in total. The fourth-order valence-electron chi connectivity index (χ4n) is 1.42. The van der Waals surface area contributed by atoms with Crippen LogP contribution in [-0.2, 0) is 9.59 Å². The van der Waals surface area contributed by atoms with Crippen LogP contribution in [0, 0.1) is 0 Å². The molecule has 1 rings (SSSR count). The molecule has 0 unspecified atom stereocenters. The van der Waals surface area contributed by atoms with Crippen LogP contribution >= 0.6 is 11.6 Å². The molecule has 5 heteroatoms. The van der Waals surface area contributed by atoms with Gasteiger partial charge < -0.3 is 10.2 Å². The van der Waals surface area contributed by atoms with Crippen molar-refractivity contribution in [1.82, 2.24) is 5.32 Å². The quantitative estimate of drug-likeness (QED) is 0.829. The van der Waals surface area contributed by atoms with E-state index in [9.17, 15) is 9.59 Å². The second kappa shape index (κ2) is 6.81. The summed E-state index contributed by atoms with van der Waals surface area (Å²) in [6.07, 6.45) is 1.57. The van der Waals surface area contributed by atoms with Crippen LogP contribution in [0.1, 0.15) is 6.92 Å². The van der Waals surface area contributed by atoms with Gasteiger partial charge in [-0.1, -0.05) is 29.8 Å². The Kier molecular flexibility index (Phi) is 5.39. The first-order valence-corrected chi connectivity index (χ1v) is 5.84. The maximum atomic E-state index is 11.6. The number of carbonyl (C=O) groups is 2. The maximum Gasteiger partial charge on any atom is 0.240 e. The van der Waals surface area contributed by atoms with Gasteiger partial charge in [-0.2, -0.15) is 0 Å². The van der Waals surface area contributed by atoms with Crippen molar-refractivity contribution >= 4 is 29.1 Å². The normalized spacial score (nSPS) is 9.67. The van der Waals surface area contributed by atoms with Crippen molar-refractivity contribution < 1.29 is 9.59 Å². The van der Waals surface area contributed by atoms with Gasteiger partial charge in [0.2, 0.25) is 11.8 Å². The molecule has 0 spiro atoms. The SMILES string of the molecule is C=CCNC(=O)CN(C(C)=O)c1ccccc1Cl. The number of hydrogen-bond donors (Lipinski definition) is 1. The number of para-hydroxylation sites is 1. The molecule has 0 atom stereocenters. The fraction of sp³-hybridized carbons (Fsp3) is 0.231. The first-order chi connectivity index (χ1) is 8.56. The molecule has 0 heterocycles. The summed E-state index contributed by atoms with van der Waals surface area (Å²) in [6.45, 7) is 5.20. The van der Waals surface area contributed by atoms with E-state index >= 15 is 0 Å². The van der Waals surface area contributed by atoms with Crippen molar-refractivity contribution in [2.75, 3.05) is 18.0 Å². The van der Waals surface area contributed by atoms with Gasteiger partial charge in [-0.3, -0.25) is 9.59 Å². The topological polar surface area (TPSA) is 49.4 Å². The van der Waals surface area contributed by atoms with Crippen LogP contribution in [0.2, 0.25) is 5.02 Å². The molecule has 0 fully saturated rings. The average Bonchev–Trinajstić information content (AvgIpc) is 2.34. The van der Waals surface area contributed by atoms with Crippen molar-refractivity contribution in [2.45, 2.75) is 6.92 Å². The summed E-state index contributed by atoms with van der Waals surface area (Å²) in [4.78, 5) is 24.5. The molecular formula is C13H15ClN2O2. The molecule has 18 heavy (non-hydrogen) atoms. The molecule has 0 aliphatic rings. The zero-order valence-electron chi connectivity index (χ0n) is 10.1. The van der Waals surface area contributed by atoms with Crippen LogP contribution in [0.15, 0.2) is 36.9 Å². The number of hydrogen-bond acceptors (Lipinski definition) is 2. The van der Waals surface area contributed by atoms with Crippen molar-refractivity contribution in [3.05, 3.63) is 41.9 Å². The Labute approximate surface area is 111 Å². The van der Waals surface area contributed by atoms with Gasteiger partial charge in [0.25, 0.3) is 0 Å².